The summed E-state index contributed by atoms with van der Waals surface area (Å²) in [7, 11) is 5.96. The van der Waals surface area contributed by atoms with Gasteiger partial charge in [-0.2, -0.15) is 0 Å². The van der Waals surface area contributed by atoms with E-state index in [1.165, 1.54) is 5.56 Å². The first-order chi connectivity index (χ1) is 11.1. The number of pyridine rings is 1. The van der Waals surface area contributed by atoms with Crippen molar-refractivity contribution in [2.24, 2.45) is 0 Å². The molecular formula is C19H25N3O. The Hall–Kier alpha value is -2.20. The van der Waals surface area contributed by atoms with Gasteiger partial charge in [0.05, 0.1) is 6.04 Å². The summed E-state index contributed by atoms with van der Waals surface area (Å²) in [6, 6.07) is 14.2. The van der Waals surface area contributed by atoms with E-state index in [1.807, 2.05) is 56.4 Å². The first-order valence-electron chi connectivity index (χ1n) is 7.92. The highest BCUT2D eigenvalue weighted by molar-refractivity contribution is 5.76. The van der Waals surface area contributed by atoms with Crippen LogP contribution >= 0.6 is 0 Å². The van der Waals surface area contributed by atoms with Crippen LogP contribution in [-0.4, -0.2) is 48.4 Å². The lowest BCUT2D eigenvalue weighted by Gasteiger charge is -2.31. The molecule has 1 amide bonds. The molecule has 0 saturated heterocycles. The zero-order chi connectivity index (χ0) is 16.7. The molecular weight excluding hydrogens is 286 g/mol. The molecule has 1 aromatic carbocycles. The third-order valence-electron chi connectivity index (χ3n) is 3.96. The Kier molecular flexibility index (Phi) is 6.29. The summed E-state index contributed by atoms with van der Waals surface area (Å²) >= 11 is 0. The molecule has 1 heterocycles. The minimum atomic E-state index is 0.0659. The van der Waals surface area contributed by atoms with Crippen molar-refractivity contribution in [2.75, 3.05) is 27.7 Å². The zero-order valence-electron chi connectivity index (χ0n) is 14.1. The van der Waals surface area contributed by atoms with Crippen LogP contribution in [0.2, 0.25) is 0 Å². The van der Waals surface area contributed by atoms with Crippen molar-refractivity contribution in [3.05, 3.63) is 66.0 Å². The van der Waals surface area contributed by atoms with E-state index in [0.29, 0.717) is 6.42 Å². The van der Waals surface area contributed by atoms with Gasteiger partial charge in [0.15, 0.2) is 0 Å². The lowest BCUT2D eigenvalue weighted by molar-refractivity contribution is -0.132. The summed E-state index contributed by atoms with van der Waals surface area (Å²) in [5.74, 6) is 0.164. The fraction of sp³-hybridized carbons (Fsp3) is 0.368. The predicted octanol–water partition coefficient (Wildman–Crippen LogP) is 2.78. The molecule has 0 aliphatic heterocycles. The summed E-state index contributed by atoms with van der Waals surface area (Å²) in [5, 5.41) is 0. The van der Waals surface area contributed by atoms with E-state index in [-0.39, 0.29) is 11.9 Å². The monoisotopic (exact) mass is 311 g/mol. The molecule has 0 aliphatic rings. The number of benzene rings is 1. The van der Waals surface area contributed by atoms with Gasteiger partial charge in [-0.3, -0.25) is 9.78 Å². The Labute approximate surface area is 138 Å². The van der Waals surface area contributed by atoms with Crippen LogP contribution in [0.4, 0.5) is 0 Å². The number of amides is 1. The summed E-state index contributed by atoms with van der Waals surface area (Å²) in [6.45, 7) is 0.807. The Morgan fingerprint density at radius 1 is 1.04 bits per heavy atom. The Morgan fingerprint density at radius 2 is 1.70 bits per heavy atom. The largest absolute Gasteiger partial charge is 0.337 e. The molecule has 1 atom stereocenters. The van der Waals surface area contributed by atoms with E-state index in [0.717, 1.165) is 18.5 Å². The minimum Gasteiger partial charge on any atom is -0.337 e. The third kappa shape index (κ3) is 5.18. The van der Waals surface area contributed by atoms with Crippen LogP contribution in [0.1, 0.15) is 23.6 Å². The highest BCUT2D eigenvalue weighted by Crippen LogP contribution is 2.21. The van der Waals surface area contributed by atoms with Crippen LogP contribution < -0.4 is 0 Å². The second-order valence-corrected chi connectivity index (χ2v) is 6.05. The molecule has 0 fully saturated rings. The van der Waals surface area contributed by atoms with Gasteiger partial charge >= 0.3 is 0 Å². The summed E-state index contributed by atoms with van der Waals surface area (Å²) in [4.78, 5) is 20.6. The fourth-order valence-electron chi connectivity index (χ4n) is 2.62. The van der Waals surface area contributed by atoms with Gasteiger partial charge in [-0.15, -0.1) is 0 Å². The molecule has 0 aliphatic carbocycles. The van der Waals surface area contributed by atoms with E-state index in [2.05, 4.69) is 22.0 Å². The maximum atomic E-state index is 12.6. The van der Waals surface area contributed by atoms with Crippen molar-refractivity contribution in [3.8, 4) is 0 Å². The molecule has 4 nitrogen and oxygen atoms in total. The maximum Gasteiger partial charge on any atom is 0.223 e. The summed E-state index contributed by atoms with van der Waals surface area (Å²) < 4.78 is 0. The highest BCUT2D eigenvalue weighted by atomic mass is 16.2. The molecule has 4 heteroatoms. The van der Waals surface area contributed by atoms with Crippen LogP contribution in [0, 0.1) is 0 Å². The maximum absolute atomic E-state index is 12.6. The van der Waals surface area contributed by atoms with Crippen molar-refractivity contribution in [2.45, 2.75) is 18.9 Å². The molecule has 2 aromatic rings. The van der Waals surface area contributed by atoms with Gasteiger partial charge in [-0.05, 0) is 43.8 Å². The van der Waals surface area contributed by atoms with E-state index in [9.17, 15) is 4.79 Å². The first kappa shape index (κ1) is 17.2. The number of likely N-dealkylation sites (N-methyl/N-ethyl adjacent to an activating group) is 2. The van der Waals surface area contributed by atoms with Crippen molar-refractivity contribution >= 4 is 5.91 Å². The molecule has 0 spiro atoms. The lowest BCUT2D eigenvalue weighted by atomic mass is 10.0. The van der Waals surface area contributed by atoms with E-state index < -0.39 is 0 Å². The average molecular weight is 311 g/mol. The lowest BCUT2D eigenvalue weighted by Crippen LogP contribution is -2.37. The number of rotatable bonds is 7. The molecule has 0 unspecified atom stereocenters. The first-order valence-corrected chi connectivity index (χ1v) is 7.92. The van der Waals surface area contributed by atoms with E-state index in [1.54, 1.807) is 12.4 Å². The van der Waals surface area contributed by atoms with E-state index >= 15 is 0 Å². The minimum absolute atomic E-state index is 0.0659. The molecule has 2 rings (SSSR count). The van der Waals surface area contributed by atoms with Crippen molar-refractivity contribution in [3.63, 3.8) is 0 Å². The Balaban J connectivity index is 2.04. The molecule has 0 N–H and O–H groups in total. The summed E-state index contributed by atoms with van der Waals surface area (Å²) in [6.07, 6.45) is 4.79. The van der Waals surface area contributed by atoms with Crippen molar-refractivity contribution in [1.82, 2.24) is 14.8 Å². The standard InChI is InChI=1S/C19H25N3O/c1-21(2)15-18(17-7-5-4-6-8-17)22(3)19(23)10-9-16-11-13-20-14-12-16/h4-8,11-14,18H,9-10,15H2,1-3H3/t18-/m0/s1. The number of aryl methyl sites for hydroxylation is 1. The average Bonchev–Trinajstić information content (AvgIpc) is 2.58. The molecule has 122 valence electrons. The van der Waals surface area contributed by atoms with Gasteiger partial charge in [0.2, 0.25) is 5.91 Å². The van der Waals surface area contributed by atoms with Crippen LogP contribution in [0.25, 0.3) is 0 Å². The molecule has 1 aromatic heterocycles. The SMILES string of the molecule is CN(C)C[C@@H](c1ccccc1)N(C)C(=O)CCc1ccncc1. The Bertz CT molecular complexity index is 599. The van der Waals surface area contributed by atoms with Gasteiger partial charge in [0, 0.05) is 32.4 Å². The van der Waals surface area contributed by atoms with E-state index in [4.69, 9.17) is 0 Å². The predicted molar refractivity (Wildman–Crippen MR) is 93.1 cm³/mol. The number of carbonyl (C=O) groups is 1. The van der Waals surface area contributed by atoms with Crippen LogP contribution in [-0.2, 0) is 11.2 Å². The number of hydrogen-bond acceptors (Lipinski definition) is 3. The number of aromatic nitrogens is 1. The van der Waals surface area contributed by atoms with Gasteiger partial charge in [0.1, 0.15) is 0 Å². The van der Waals surface area contributed by atoms with Gasteiger partial charge in [-0.25, -0.2) is 0 Å². The number of hydrogen-bond donors (Lipinski definition) is 0. The molecule has 23 heavy (non-hydrogen) atoms. The Morgan fingerprint density at radius 3 is 2.30 bits per heavy atom. The number of nitrogens with zero attached hydrogens (tertiary/aromatic N) is 3. The fourth-order valence-corrected chi connectivity index (χ4v) is 2.62. The molecule has 0 saturated carbocycles. The van der Waals surface area contributed by atoms with Crippen molar-refractivity contribution in [1.29, 1.82) is 0 Å². The van der Waals surface area contributed by atoms with Crippen LogP contribution in [0.15, 0.2) is 54.9 Å². The molecule has 0 bridgehead atoms. The zero-order valence-corrected chi connectivity index (χ0v) is 14.1. The smallest absolute Gasteiger partial charge is 0.223 e. The van der Waals surface area contributed by atoms with Crippen molar-refractivity contribution < 1.29 is 4.79 Å². The van der Waals surface area contributed by atoms with Gasteiger partial charge in [-0.1, -0.05) is 30.3 Å². The highest BCUT2D eigenvalue weighted by Gasteiger charge is 2.21. The quantitative estimate of drug-likeness (QED) is 0.789. The second-order valence-electron chi connectivity index (χ2n) is 6.05. The summed E-state index contributed by atoms with van der Waals surface area (Å²) in [5.41, 5.74) is 2.31. The van der Waals surface area contributed by atoms with Gasteiger partial charge in [0.25, 0.3) is 0 Å². The van der Waals surface area contributed by atoms with Crippen LogP contribution in [0.5, 0.6) is 0 Å². The third-order valence-corrected chi connectivity index (χ3v) is 3.96. The topological polar surface area (TPSA) is 36.4 Å². The molecule has 0 radical (unpaired) electrons. The normalized spacial score (nSPS) is 12.2. The van der Waals surface area contributed by atoms with Gasteiger partial charge < -0.3 is 9.80 Å². The number of carbonyl (C=O) groups excluding carboxylic acids is 1. The van der Waals surface area contributed by atoms with Crippen LogP contribution in [0.3, 0.4) is 0 Å². The second kappa shape index (κ2) is 8.44.